The van der Waals surface area contributed by atoms with Crippen molar-refractivity contribution in [1.29, 1.82) is 0 Å². The summed E-state index contributed by atoms with van der Waals surface area (Å²) >= 11 is 0. The van der Waals surface area contributed by atoms with E-state index in [9.17, 15) is 4.79 Å². The van der Waals surface area contributed by atoms with Crippen LogP contribution >= 0.6 is 0 Å². The summed E-state index contributed by atoms with van der Waals surface area (Å²) in [6.45, 7) is 6.68. The van der Waals surface area contributed by atoms with Gasteiger partial charge in [0.2, 0.25) is 11.9 Å². The molecule has 3 heterocycles. The number of carbonyl (C=O) groups is 1. The van der Waals surface area contributed by atoms with Crippen LogP contribution in [-0.2, 0) is 4.79 Å². The lowest BCUT2D eigenvalue weighted by Crippen LogP contribution is -2.41. The highest BCUT2D eigenvalue weighted by Crippen LogP contribution is 2.32. The molecule has 1 amide bonds. The molecule has 2 aromatic rings. The van der Waals surface area contributed by atoms with Crippen LogP contribution in [0.1, 0.15) is 37.1 Å². The summed E-state index contributed by atoms with van der Waals surface area (Å²) in [7, 11) is 0. The van der Waals surface area contributed by atoms with Crippen molar-refractivity contribution in [2.24, 2.45) is 5.92 Å². The van der Waals surface area contributed by atoms with Gasteiger partial charge in [-0.1, -0.05) is 6.07 Å². The third-order valence-electron chi connectivity index (χ3n) is 5.36. The molecular formula is C21H26N4O3. The highest BCUT2D eigenvalue weighted by atomic mass is 16.6. The van der Waals surface area contributed by atoms with Gasteiger partial charge in [0.1, 0.15) is 13.2 Å². The molecular weight excluding hydrogens is 356 g/mol. The van der Waals surface area contributed by atoms with E-state index in [2.05, 4.69) is 20.2 Å². The number of ether oxygens (including phenoxy) is 2. The van der Waals surface area contributed by atoms with Crippen LogP contribution in [0, 0.1) is 12.8 Å². The number of hydrogen-bond acceptors (Lipinski definition) is 6. The number of anilines is 1. The first kappa shape index (κ1) is 18.5. The predicted octanol–water partition coefficient (Wildman–Crippen LogP) is 2.65. The first-order valence-corrected chi connectivity index (χ1v) is 9.84. The molecule has 1 aromatic heterocycles. The molecule has 2 aliphatic rings. The van der Waals surface area contributed by atoms with E-state index in [4.69, 9.17) is 9.47 Å². The molecule has 0 radical (unpaired) electrons. The molecule has 148 valence electrons. The largest absolute Gasteiger partial charge is 0.486 e. The minimum Gasteiger partial charge on any atom is -0.486 e. The molecule has 4 rings (SSSR count). The molecule has 1 fully saturated rings. The Bertz CT molecular complexity index is 849. The van der Waals surface area contributed by atoms with E-state index >= 15 is 0 Å². The lowest BCUT2D eigenvalue weighted by molar-refractivity contribution is -0.126. The molecule has 7 nitrogen and oxygen atoms in total. The molecule has 1 N–H and O–H groups in total. The number of aryl methyl sites for hydroxylation is 1. The van der Waals surface area contributed by atoms with Gasteiger partial charge < -0.3 is 19.7 Å². The predicted molar refractivity (Wildman–Crippen MR) is 106 cm³/mol. The molecule has 1 atom stereocenters. The second-order valence-electron chi connectivity index (χ2n) is 7.39. The third kappa shape index (κ3) is 4.03. The number of piperidine rings is 1. The standard InChI is InChI=1S/C21H26N4O3/c1-14-5-8-22-21(23-14)25-9-6-16(7-10-25)20(26)24-15(2)17-3-4-18-19(13-17)28-12-11-27-18/h3-5,8,13,15-16H,6-7,9-12H2,1-2H3,(H,24,26). The maximum Gasteiger partial charge on any atom is 0.225 e. The van der Waals surface area contributed by atoms with E-state index in [0.29, 0.717) is 13.2 Å². The van der Waals surface area contributed by atoms with Crippen molar-refractivity contribution < 1.29 is 14.3 Å². The average Bonchev–Trinajstić information content (AvgIpc) is 2.73. The zero-order valence-corrected chi connectivity index (χ0v) is 16.4. The maximum absolute atomic E-state index is 12.8. The summed E-state index contributed by atoms with van der Waals surface area (Å²) in [5.74, 6) is 2.38. The van der Waals surface area contributed by atoms with E-state index in [1.807, 2.05) is 38.1 Å². The van der Waals surface area contributed by atoms with E-state index in [-0.39, 0.29) is 17.9 Å². The third-order valence-corrected chi connectivity index (χ3v) is 5.36. The molecule has 1 unspecified atom stereocenters. The van der Waals surface area contributed by atoms with Crippen molar-refractivity contribution in [1.82, 2.24) is 15.3 Å². The minimum atomic E-state index is -0.0820. The van der Waals surface area contributed by atoms with Crippen molar-refractivity contribution >= 4 is 11.9 Å². The van der Waals surface area contributed by atoms with Gasteiger partial charge in [-0.05, 0) is 50.5 Å². The van der Waals surface area contributed by atoms with Gasteiger partial charge in [0, 0.05) is 30.9 Å². The molecule has 2 aliphatic heterocycles. The Hall–Kier alpha value is -2.83. The number of nitrogens with zero attached hydrogens (tertiary/aromatic N) is 3. The van der Waals surface area contributed by atoms with Gasteiger partial charge in [-0.25, -0.2) is 9.97 Å². The van der Waals surface area contributed by atoms with Crippen LogP contribution in [0.5, 0.6) is 11.5 Å². The van der Waals surface area contributed by atoms with Crippen molar-refractivity contribution in [2.75, 3.05) is 31.2 Å². The Labute approximate surface area is 165 Å². The topological polar surface area (TPSA) is 76.6 Å². The summed E-state index contributed by atoms with van der Waals surface area (Å²) in [6.07, 6.45) is 3.39. The number of amides is 1. The Morgan fingerprint density at radius 2 is 1.93 bits per heavy atom. The maximum atomic E-state index is 12.8. The van der Waals surface area contributed by atoms with Gasteiger partial charge in [-0.2, -0.15) is 0 Å². The number of hydrogen-bond donors (Lipinski definition) is 1. The Kier molecular flexibility index (Phi) is 5.32. The van der Waals surface area contributed by atoms with Crippen LogP contribution < -0.4 is 19.7 Å². The summed E-state index contributed by atoms with van der Waals surface area (Å²) in [5.41, 5.74) is 1.97. The lowest BCUT2D eigenvalue weighted by atomic mass is 9.95. The summed E-state index contributed by atoms with van der Waals surface area (Å²) < 4.78 is 11.2. The normalized spacial score (nSPS) is 17.9. The second-order valence-corrected chi connectivity index (χ2v) is 7.39. The Balaban J connectivity index is 1.33. The van der Waals surface area contributed by atoms with E-state index < -0.39 is 0 Å². The fourth-order valence-electron chi connectivity index (χ4n) is 3.67. The van der Waals surface area contributed by atoms with Crippen molar-refractivity contribution in [2.45, 2.75) is 32.7 Å². The van der Waals surface area contributed by atoms with Crippen LogP contribution in [0.3, 0.4) is 0 Å². The van der Waals surface area contributed by atoms with Crippen molar-refractivity contribution in [3.63, 3.8) is 0 Å². The average molecular weight is 382 g/mol. The highest BCUT2D eigenvalue weighted by molar-refractivity contribution is 5.79. The van der Waals surface area contributed by atoms with Crippen molar-refractivity contribution in [3.05, 3.63) is 41.7 Å². The van der Waals surface area contributed by atoms with Crippen LogP contribution in [0.4, 0.5) is 5.95 Å². The molecule has 7 heteroatoms. The lowest BCUT2D eigenvalue weighted by Gasteiger charge is -2.32. The van der Waals surface area contributed by atoms with Crippen LogP contribution in [-0.4, -0.2) is 42.2 Å². The number of fused-ring (bicyclic) bond motifs is 1. The quantitative estimate of drug-likeness (QED) is 0.876. The summed E-state index contributed by atoms with van der Waals surface area (Å²) in [4.78, 5) is 23.7. The van der Waals surface area contributed by atoms with Gasteiger partial charge in [0.15, 0.2) is 11.5 Å². The monoisotopic (exact) mass is 382 g/mol. The Morgan fingerprint density at radius 3 is 2.68 bits per heavy atom. The highest BCUT2D eigenvalue weighted by Gasteiger charge is 2.27. The van der Waals surface area contributed by atoms with Crippen LogP contribution in [0.25, 0.3) is 0 Å². The van der Waals surface area contributed by atoms with Gasteiger partial charge in [-0.15, -0.1) is 0 Å². The zero-order chi connectivity index (χ0) is 19.5. The fraction of sp³-hybridized carbons (Fsp3) is 0.476. The molecule has 1 aromatic carbocycles. The molecule has 0 spiro atoms. The minimum absolute atomic E-state index is 0.0146. The van der Waals surface area contributed by atoms with Gasteiger partial charge in [-0.3, -0.25) is 4.79 Å². The van der Waals surface area contributed by atoms with Crippen LogP contribution in [0.2, 0.25) is 0 Å². The molecule has 1 saturated heterocycles. The molecule has 28 heavy (non-hydrogen) atoms. The number of aromatic nitrogens is 2. The van der Waals surface area contributed by atoms with E-state index in [0.717, 1.165) is 54.6 Å². The summed E-state index contributed by atoms with van der Waals surface area (Å²) in [6, 6.07) is 7.66. The smallest absolute Gasteiger partial charge is 0.225 e. The zero-order valence-electron chi connectivity index (χ0n) is 16.4. The second kappa shape index (κ2) is 8.04. The van der Waals surface area contributed by atoms with Crippen LogP contribution in [0.15, 0.2) is 30.5 Å². The molecule has 0 aliphatic carbocycles. The molecule has 0 bridgehead atoms. The Morgan fingerprint density at radius 1 is 1.18 bits per heavy atom. The number of benzene rings is 1. The first-order chi connectivity index (χ1) is 13.6. The molecule has 0 saturated carbocycles. The van der Waals surface area contributed by atoms with E-state index in [1.54, 1.807) is 6.20 Å². The number of nitrogens with one attached hydrogen (secondary N) is 1. The summed E-state index contributed by atoms with van der Waals surface area (Å²) in [5, 5.41) is 3.15. The van der Waals surface area contributed by atoms with Gasteiger partial charge >= 0.3 is 0 Å². The number of carbonyl (C=O) groups excluding carboxylic acids is 1. The van der Waals surface area contributed by atoms with E-state index in [1.165, 1.54) is 0 Å². The van der Waals surface area contributed by atoms with Crippen molar-refractivity contribution in [3.8, 4) is 11.5 Å². The number of rotatable bonds is 4. The SMILES string of the molecule is Cc1ccnc(N2CCC(C(=O)NC(C)c3ccc4c(c3)OCCO4)CC2)n1. The fourth-order valence-corrected chi connectivity index (χ4v) is 3.67. The first-order valence-electron chi connectivity index (χ1n) is 9.84. The van der Waals surface area contributed by atoms with Gasteiger partial charge in [0.25, 0.3) is 0 Å². The van der Waals surface area contributed by atoms with Gasteiger partial charge in [0.05, 0.1) is 6.04 Å².